The van der Waals surface area contributed by atoms with Gasteiger partial charge in [-0.2, -0.15) is 0 Å². The number of carbonyl (C=O) groups is 1. The minimum Gasteiger partial charge on any atom is -0.343 e. The van der Waals surface area contributed by atoms with Crippen molar-refractivity contribution in [3.63, 3.8) is 0 Å². The zero-order valence-corrected chi connectivity index (χ0v) is 10.8. The van der Waals surface area contributed by atoms with Gasteiger partial charge in [-0.15, -0.1) is 11.6 Å². The van der Waals surface area contributed by atoms with E-state index in [1.807, 2.05) is 18.9 Å². The van der Waals surface area contributed by atoms with Gasteiger partial charge in [-0.25, -0.2) is 0 Å². The van der Waals surface area contributed by atoms with Crippen molar-refractivity contribution in [1.82, 2.24) is 4.90 Å². The fraction of sp³-hybridized carbons (Fsp3) is 0.917. The molecule has 2 nitrogen and oxygen atoms in total. The Kier molecular flexibility index (Phi) is 4.91. The van der Waals surface area contributed by atoms with Crippen molar-refractivity contribution in [3.05, 3.63) is 0 Å². The summed E-state index contributed by atoms with van der Waals surface area (Å²) in [7, 11) is 1.92. The molecule has 0 aromatic carbocycles. The molecule has 88 valence electrons. The zero-order chi connectivity index (χ0) is 11.4. The second-order valence-electron chi connectivity index (χ2n) is 4.93. The fourth-order valence-corrected chi connectivity index (χ4v) is 2.48. The first-order valence-electron chi connectivity index (χ1n) is 5.89. The lowest BCUT2D eigenvalue weighted by atomic mass is 9.86. The van der Waals surface area contributed by atoms with Crippen molar-refractivity contribution < 1.29 is 4.79 Å². The van der Waals surface area contributed by atoms with Gasteiger partial charge in [0.25, 0.3) is 0 Å². The van der Waals surface area contributed by atoms with E-state index >= 15 is 0 Å². The highest BCUT2D eigenvalue weighted by atomic mass is 35.5. The third kappa shape index (κ3) is 3.37. The molecule has 15 heavy (non-hydrogen) atoms. The lowest BCUT2D eigenvalue weighted by molar-refractivity contribution is -0.135. The molecule has 0 aromatic rings. The summed E-state index contributed by atoms with van der Waals surface area (Å²) in [6.07, 6.45) is 4.86. The van der Waals surface area contributed by atoms with Crippen molar-refractivity contribution in [2.24, 2.45) is 11.8 Å². The standard InChI is InChI=1S/C12H22ClNO/c1-9-5-4-6-11(7-9)14(3)12(15)10(2)8-13/h9-11H,4-8H2,1-3H3. The number of alkyl halides is 1. The van der Waals surface area contributed by atoms with Crippen LogP contribution in [0.4, 0.5) is 0 Å². The highest BCUT2D eigenvalue weighted by Gasteiger charge is 2.27. The van der Waals surface area contributed by atoms with Crippen molar-refractivity contribution in [3.8, 4) is 0 Å². The van der Waals surface area contributed by atoms with Gasteiger partial charge in [0, 0.05) is 24.9 Å². The fourth-order valence-electron chi connectivity index (χ4n) is 2.35. The normalized spacial score (nSPS) is 28.5. The molecule has 1 fully saturated rings. The average Bonchev–Trinajstić information content (AvgIpc) is 2.26. The van der Waals surface area contributed by atoms with E-state index in [9.17, 15) is 4.79 Å². The smallest absolute Gasteiger partial charge is 0.226 e. The zero-order valence-electron chi connectivity index (χ0n) is 10.0. The average molecular weight is 232 g/mol. The summed E-state index contributed by atoms with van der Waals surface area (Å²) >= 11 is 5.71. The maximum atomic E-state index is 11.9. The van der Waals surface area contributed by atoms with Gasteiger partial charge in [0.05, 0.1) is 0 Å². The summed E-state index contributed by atoms with van der Waals surface area (Å²) in [6.45, 7) is 4.17. The van der Waals surface area contributed by atoms with Crippen LogP contribution < -0.4 is 0 Å². The van der Waals surface area contributed by atoms with E-state index in [1.54, 1.807) is 0 Å². The van der Waals surface area contributed by atoms with E-state index in [0.29, 0.717) is 11.9 Å². The van der Waals surface area contributed by atoms with E-state index in [1.165, 1.54) is 12.8 Å². The van der Waals surface area contributed by atoms with Gasteiger partial charge in [-0.05, 0) is 18.8 Å². The molecule has 1 amide bonds. The molecule has 3 heteroatoms. The molecule has 1 aliphatic carbocycles. The lowest BCUT2D eigenvalue weighted by Crippen LogP contribution is -2.42. The number of halogens is 1. The summed E-state index contributed by atoms with van der Waals surface area (Å²) < 4.78 is 0. The monoisotopic (exact) mass is 231 g/mol. The Bertz CT molecular complexity index is 220. The molecule has 0 N–H and O–H groups in total. The molecule has 1 saturated carbocycles. The third-order valence-corrected chi connectivity index (χ3v) is 3.92. The number of amides is 1. The van der Waals surface area contributed by atoms with Gasteiger partial charge in [-0.1, -0.05) is 26.7 Å². The van der Waals surface area contributed by atoms with Crippen molar-refractivity contribution in [2.45, 2.75) is 45.6 Å². The largest absolute Gasteiger partial charge is 0.343 e. The van der Waals surface area contributed by atoms with Crippen LogP contribution in [0.3, 0.4) is 0 Å². The first-order chi connectivity index (χ1) is 7.06. The van der Waals surface area contributed by atoms with Crippen LogP contribution in [-0.4, -0.2) is 29.8 Å². The Morgan fingerprint density at radius 2 is 2.20 bits per heavy atom. The molecule has 3 atom stereocenters. The molecular weight excluding hydrogens is 210 g/mol. The van der Waals surface area contributed by atoms with E-state index in [-0.39, 0.29) is 11.8 Å². The van der Waals surface area contributed by atoms with E-state index < -0.39 is 0 Å². The van der Waals surface area contributed by atoms with Crippen molar-refractivity contribution >= 4 is 17.5 Å². The quantitative estimate of drug-likeness (QED) is 0.684. The molecule has 3 unspecified atom stereocenters. The van der Waals surface area contributed by atoms with Crippen molar-refractivity contribution in [1.29, 1.82) is 0 Å². The lowest BCUT2D eigenvalue weighted by Gasteiger charge is -2.35. The van der Waals surface area contributed by atoms with Crippen LogP contribution in [0.5, 0.6) is 0 Å². The molecular formula is C12H22ClNO. The Morgan fingerprint density at radius 3 is 2.73 bits per heavy atom. The number of carbonyl (C=O) groups excluding carboxylic acids is 1. The van der Waals surface area contributed by atoms with E-state index in [0.717, 1.165) is 18.8 Å². The van der Waals surface area contributed by atoms with Crippen LogP contribution in [-0.2, 0) is 4.79 Å². The topological polar surface area (TPSA) is 20.3 Å². The Hall–Kier alpha value is -0.240. The van der Waals surface area contributed by atoms with Crippen LogP contribution >= 0.6 is 11.6 Å². The van der Waals surface area contributed by atoms with Gasteiger partial charge < -0.3 is 4.90 Å². The molecule has 1 aliphatic rings. The Balaban J connectivity index is 2.51. The van der Waals surface area contributed by atoms with E-state index in [4.69, 9.17) is 11.6 Å². The predicted molar refractivity (Wildman–Crippen MR) is 64.1 cm³/mol. The first-order valence-corrected chi connectivity index (χ1v) is 6.42. The summed E-state index contributed by atoms with van der Waals surface area (Å²) in [5, 5.41) is 0. The third-order valence-electron chi connectivity index (χ3n) is 3.46. The Morgan fingerprint density at radius 1 is 1.53 bits per heavy atom. The molecule has 0 spiro atoms. The number of hydrogen-bond donors (Lipinski definition) is 0. The van der Waals surface area contributed by atoms with Crippen LogP contribution in [0, 0.1) is 11.8 Å². The molecule has 0 aliphatic heterocycles. The van der Waals surface area contributed by atoms with Crippen LogP contribution in [0.2, 0.25) is 0 Å². The number of hydrogen-bond acceptors (Lipinski definition) is 1. The molecule has 1 rings (SSSR count). The van der Waals surface area contributed by atoms with Gasteiger partial charge in [0.15, 0.2) is 0 Å². The Labute approximate surface area is 98.0 Å². The molecule has 0 aromatic heterocycles. The van der Waals surface area contributed by atoms with Gasteiger partial charge in [0.2, 0.25) is 5.91 Å². The van der Waals surface area contributed by atoms with Gasteiger partial charge >= 0.3 is 0 Å². The minimum absolute atomic E-state index is 0.0473. The summed E-state index contributed by atoms with van der Waals surface area (Å²) in [6, 6.07) is 0.437. The second kappa shape index (κ2) is 5.74. The minimum atomic E-state index is -0.0473. The first kappa shape index (κ1) is 12.8. The summed E-state index contributed by atoms with van der Waals surface area (Å²) in [5.74, 6) is 1.33. The molecule has 0 heterocycles. The SMILES string of the molecule is CC1CCCC(N(C)C(=O)C(C)CCl)C1. The summed E-state index contributed by atoms with van der Waals surface area (Å²) in [4.78, 5) is 13.8. The van der Waals surface area contributed by atoms with Gasteiger partial charge in [0.1, 0.15) is 0 Å². The van der Waals surface area contributed by atoms with Gasteiger partial charge in [-0.3, -0.25) is 4.79 Å². The van der Waals surface area contributed by atoms with Crippen molar-refractivity contribution in [2.75, 3.05) is 12.9 Å². The molecule has 0 bridgehead atoms. The second-order valence-corrected chi connectivity index (χ2v) is 5.24. The van der Waals surface area contributed by atoms with Crippen LogP contribution in [0.1, 0.15) is 39.5 Å². The summed E-state index contributed by atoms with van der Waals surface area (Å²) in [5.41, 5.74) is 0. The molecule has 0 saturated heterocycles. The maximum absolute atomic E-state index is 11.9. The number of nitrogens with zero attached hydrogens (tertiary/aromatic N) is 1. The highest BCUT2D eigenvalue weighted by Crippen LogP contribution is 2.27. The highest BCUT2D eigenvalue weighted by molar-refractivity contribution is 6.19. The molecule has 0 radical (unpaired) electrons. The van der Waals surface area contributed by atoms with Crippen LogP contribution in [0.25, 0.3) is 0 Å². The predicted octanol–water partition coefficient (Wildman–Crippen LogP) is 2.90. The maximum Gasteiger partial charge on any atom is 0.226 e. The number of rotatable bonds is 3. The van der Waals surface area contributed by atoms with E-state index in [2.05, 4.69) is 6.92 Å². The van der Waals surface area contributed by atoms with Crippen LogP contribution in [0.15, 0.2) is 0 Å².